The second-order valence-corrected chi connectivity index (χ2v) is 20.3. The van der Waals surface area contributed by atoms with Crippen LogP contribution in [0.15, 0.2) is 89.1 Å². The number of nitrogens with two attached hydrogens (primary N) is 2. The Morgan fingerprint density at radius 2 is 1.22 bits per heavy atom. The lowest BCUT2D eigenvalue weighted by Gasteiger charge is -2.34. The molecule has 0 aromatic heterocycles. The van der Waals surface area contributed by atoms with Gasteiger partial charge in [-0.1, -0.05) is 82.1 Å². The van der Waals surface area contributed by atoms with E-state index in [-0.39, 0.29) is 15.7 Å². The maximum atomic E-state index is 12.4. The van der Waals surface area contributed by atoms with E-state index in [1.165, 1.54) is 63.6 Å². The number of nitrogens with zero attached hydrogens (tertiary/aromatic N) is 6. The number of aliphatic imine (C=N–C) groups is 1. The molecule has 0 unspecified atom stereocenters. The lowest BCUT2D eigenvalue weighted by atomic mass is 9.88. The first-order chi connectivity index (χ1) is 27.8. The topological polar surface area (TPSA) is 179 Å². The molecule has 3 aliphatic carbocycles. The number of anilines is 4. The molecular formula is C42H57N9O4S3. The molecule has 0 amide bonds. The molecule has 6 aliphatic rings. The second kappa shape index (κ2) is 17.9. The quantitative estimate of drug-likeness (QED) is 0.170. The van der Waals surface area contributed by atoms with Crippen molar-refractivity contribution in [3.8, 4) is 0 Å². The Kier molecular flexibility index (Phi) is 12.9. The molecule has 3 fully saturated rings. The molecule has 13 nitrogen and oxygen atoms in total. The lowest BCUT2D eigenvalue weighted by Crippen LogP contribution is -2.43. The van der Waals surface area contributed by atoms with Crippen LogP contribution in [0.3, 0.4) is 0 Å². The number of benzene rings is 3. The van der Waals surface area contributed by atoms with Gasteiger partial charge in [-0.25, -0.2) is 4.99 Å². The Labute approximate surface area is 348 Å². The molecule has 0 atom stereocenters. The number of hydrogen-bond acceptors (Lipinski definition) is 12. The normalized spacial score (nSPS) is 21.5. The van der Waals surface area contributed by atoms with Gasteiger partial charge in [0.05, 0.1) is 27.6 Å². The third kappa shape index (κ3) is 9.13. The van der Waals surface area contributed by atoms with E-state index < -0.39 is 20.0 Å². The molecule has 0 bridgehead atoms. The van der Waals surface area contributed by atoms with Crippen molar-refractivity contribution in [3.63, 3.8) is 0 Å². The van der Waals surface area contributed by atoms with Gasteiger partial charge >= 0.3 is 0 Å². The van der Waals surface area contributed by atoms with Gasteiger partial charge in [0.25, 0.3) is 20.0 Å². The SMILES string of the molecule is CN(C1=NS(=O)(=O)c2ccccc2N1)C1CCCCC1.CN1C(C2CCCCC2)=NS(=O)(=O)c2cccc(N)c21.CN1Sc2cccc(N)c2N=C1C1CCCCC1. The summed E-state index contributed by atoms with van der Waals surface area (Å²) < 4.78 is 59.4. The van der Waals surface area contributed by atoms with Crippen molar-refractivity contribution in [1.29, 1.82) is 0 Å². The van der Waals surface area contributed by atoms with E-state index >= 15 is 0 Å². The van der Waals surface area contributed by atoms with E-state index in [1.54, 1.807) is 48.3 Å². The average Bonchev–Trinajstić information content (AvgIpc) is 3.23. The van der Waals surface area contributed by atoms with E-state index in [1.807, 2.05) is 42.1 Å². The first-order valence-corrected chi connectivity index (χ1v) is 24.3. The van der Waals surface area contributed by atoms with E-state index in [0.717, 1.165) is 54.8 Å². The van der Waals surface area contributed by atoms with E-state index in [0.29, 0.717) is 40.8 Å². The van der Waals surface area contributed by atoms with Crippen LogP contribution >= 0.6 is 11.9 Å². The average molecular weight is 848 g/mol. The molecule has 3 heterocycles. The van der Waals surface area contributed by atoms with Gasteiger partial charge < -0.3 is 30.9 Å². The van der Waals surface area contributed by atoms with Gasteiger partial charge in [-0.15, -0.1) is 8.80 Å². The molecule has 0 saturated heterocycles. The van der Waals surface area contributed by atoms with Crippen LogP contribution in [0.25, 0.3) is 0 Å². The van der Waals surface area contributed by atoms with Gasteiger partial charge in [-0.05, 0) is 86.9 Å². The van der Waals surface area contributed by atoms with Gasteiger partial charge in [0.1, 0.15) is 27.1 Å². The molecular weight excluding hydrogens is 791 g/mol. The predicted molar refractivity (Wildman–Crippen MR) is 238 cm³/mol. The number of nitrogens with one attached hydrogen (secondary N) is 1. The molecule has 3 saturated carbocycles. The molecule has 9 rings (SSSR count). The second-order valence-electron chi connectivity index (χ2n) is 16.0. The lowest BCUT2D eigenvalue weighted by molar-refractivity contribution is 0.278. The number of sulfonamides is 2. The van der Waals surface area contributed by atoms with Gasteiger partial charge in [0, 0.05) is 39.0 Å². The fraction of sp³-hybridized carbons (Fsp3) is 0.500. The van der Waals surface area contributed by atoms with Crippen molar-refractivity contribution in [3.05, 3.63) is 60.7 Å². The minimum Gasteiger partial charge on any atom is -0.397 e. The minimum absolute atomic E-state index is 0.208. The van der Waals surface area contributed by atoms with E-state index in [4.69, 9.17) is 16.5 Å². The summed E-state index contributed by atoms with van der Waals surface area (Å²) in [5, 5.41) is 3.15. The smallest absolute Gasteiger partial charge is 0.287 e. The van der Waals surface area contributed by atoms with Gasteiger partial charge in [-0.2, -0.15) is 16.8 Å². The number of amidine groups is 2. The highest BCUT2D eigenvalue weighted by Gasteiger charge is 2.35. The summed E-state index contributed by atoms with van der Waals surface area (Å²) >= 11 is 1.75. The Bertz CT molecular complexity index is 2280. The Morgan fingerprint density at radius 1 is 0.672 bits per heavy atom. The van der Waals surface area contributed by atoms with Crippen LogP contribution in [0, 0.1) is 11.8 Å². The van der Waals surface area contributed by atoms with Crippen molar-refractivity contribution in [2.24, 2.45) is 25.6 Å². The molecule has 3 aliphatic heterocycles. The van der Waals surface area contributed by atoms with Crippen LogP contribution in [-0.4, -0.2) is 70.9 Å². The first-order valence-electron chi connectivity index (χ1n) is 20.6. The standard InChI is InChI=1S/2C14H19N3O2S.C14H19N3S/c1-17(11-7-3-2-4-8-11)14-15-12-9-5-6-10-13(12)20(18,19)16-14;1-17-13-11(15)8-5-9-12(13)20(18,19)16-14(17)10-6-3-2-4-7-10;1-17-14(10-6-3-2-4-7-10)16-13-11(15)8-5-9-12(13)18-17/h5-6,9-11H,2-4,7-8H2,1H3,(H,15,16);5,8-10H,2-4,6-7,15H2,1H3;5,8-10H,2-4,6-7,15H2,1H3. The van der Waals surface area contributed by atoms with Crippen LogP contribution in [0.5, 0.6) is 0 Å². The van der Waals surface area contributed by atoms with E-state index in [2.05, 4.69) is 31.5 Å². The Morgan fingerprint density at radius 3 is 1.90 bits per heavy atom. The minimum atomic E-state index is -3.63. The van der Waals surface area contributed by atoms with Gasteiger partial charge in [-0.3, -0.25) is 0 Å². The third-order valence-corrected chi connectivity index (χ3v) is 15.7. The zero-order valence-corrected chi connectivity index (χ0v) is 36.3. The maximum absolute atomic E-state index is 12.4. The monoisotopic (exact) mass is 847 g/mol. The summed E-state index contributed by atoms with van der Waals surface area (Å²) in [6, 6.07) is 18.2. The maximum Gasteiger partial charge on any atom is 0.287 e. The highest BCUT2D eigenvalue weighted by atomic mass is 32.2. The largest absolute Gasteiger partial charge is 0.397 e. The summed E-state index contributed by atoms with van der Waals surface area (Å²) in [5.74, 6) is 3.14. The van der Waals surface area contributed by atoms with Crippen LogP contribution in [0.2, 0.25) is 0 Å². The van der Waals surface area contributed by atoms with Crippen LogP contribution in [0.4, 0.5) is 28.4 Å². The Balaban J connectivity index is 0.000000133. The molecule has 0 spiro atoms. The highest BCUT2D eigenvalue weighted by Crippen LogP contribution is 2.43. The number of fused-ring (bicyclic) bond motifs is 3. The first kappa shape index (κ1) is 41.9. The molecule has 3 aromatic carbocycles. The molecule has 5 N–H and O–H groups in total. The molecule has 16 heteroatoms. The number of guanidine groups is 1. The number of hydrogen-bond donors (Lipinski definition) is 3. The zero-order valence-electron chi connectivity index (χ0n) is 33.8. The van der Waals surface area contributed by atoms with E-state index in [9.17, 15) is 16.8 Å². The van der Waals surface area contributed by atoms with Crippen LogP contribution in [0.1, 0.15) is 96.3 Å². The van der Waals surface area contributed by atoms with Crippen LogP contribution in [-0.2, 0) is 20.0 Å². The van der Waals surface area contributed by atoms with Crippen molar-refractivity contribution in [1.82, 2.24) is 9.21 Å². The van der Waals surface area contributed by atoms with Crippen molar-refractivity contribution in [2.75, 3.05) is 42.8 Å². The molecule has 312 valence electrons. The summed E-state index contributed by atoms with van der Waals surface area (Å²) in [6.45, 7) is 0. The van der Waals surface area contributed by atoms with Gasteiger partial charge in [0.2, 0.25) is 5.96 Å². The molecule has 58 heavy (non-hydrogen) atoms. The molecule has 3 aromatic rings. The molecule has 0 radical (unpaired) electrons. The Hall–Kier alpha value is -4.28. The van der Waals surface area contributed by atoms with Crippen LogP contribution < -0.4 is 21.7 Å². The predicted octanol–water partition coefficient (Wildman–Crippen LogP) is 8.64. The zero-order chi connectivity index (χ0) is 41.0. The third-order valence-electron chi connectivity index (χ3n) is 12.0. The number of nitrogen functional groups attached to an aromatic ring is 2. The summed E-state index contributed by atoms with van der Waals surface area (Å²) in [7, 11) is -1.33. The number of rotatable bonds is 3. The summed E-state index contributed by atoms with van der Waals surface area (Å²) in [4.78, 5) is 10.3. The van der Waals surface area contributed by atoms with Crippen molar-refractivity contribution < 1.29 is 16.8 Å². The van der Waals surface area contributed by atoms with Crippen molar-refractivity contribution >= 4 is 78.1 Å². The summed E-state index contributed by atoms with van der Waals surface area (Å²) in [5.41, 5.74) is 15.5. The fourth-order valence-corrected chi connectivity index (χ4v) is 12.4. The number of para-hydroxylation sites is 3. The summed E-state index contributed by atoms with van der Waals surface area (Å²) in [6.07, 6.45) is 17.9. The van der Waals surface area contributed by atoms with Gasteiger partial charge in [0.15, 0.2) is 0 Å². The van der Waals surface area contributed by atoms with Crippen molar-refractivity contribution in [2.45, 2.75) is 117 Å². The fourth-order valence-electron chi connectivity index (χ4n) is 8.88. The highest BCUT2D eigenvalue weighted by molar-refractivity contribution is 7.97.